The molecule has 0 aliphatic heterocycles. The number of amidine groups is 1. The maximum Gasteiger partial charge on any atom is 0.238 e. The minimum atomic E-state index is -0.905. The lowest BCUT2D eigenvalue weighted by Gasteiger charge is -2.34. The third-order valence-corrected chi connectivity index (χ3v) is 3.91. The number of oxime groups is 1. The molecular formula is C14H20N4O2. The second-order valence-corrected chi connectivity index (χ2v) is 5.27. The molecule has 1 aromatic rings. The Balaban J connectivity index is 2.21. The molecule has 6 heteroatoms. The van der Waals surface area contributed by atoms with E-state index in [0.29, 0.717) is 18.5 Å². The van der Waals surface area contributed by atoms with Crippen molar-refractivity contribution in [3.05, 3.63) is 24.0 Å². The largest absolute Gasteiger partial charge is 0.409 e. The quantitative estimate of drug-likeness (QED) is 0.340. The standard InChI is InChI=1S/C14H20N4O2/c1-10-5-6-11(9-16-10)17-13(19)14(12(15)18-20)7-3-2-4-8-14/h5-6,9,20H,2-4,7-8H2,1H3,(H2,15,18)(H,17,19). The fourth-order valence-corrected chi connectivity index (χ4v) is 2.64. The monoisotopic (exact) mass is 276 g/mol. The van der Waals surface area contributed by atoms with Crippen molar-refractivity contribution in [2.75, 3.05) is 5.32 Å². The molecule has 0 aromatic carbocycles. The van der Waals surface area contributed by atoms with Crippen LogP contribution in [-0.2, 0) is 4.79 Å². The lowest BCUT2D eigenvalue weighted by atomic mass is 9.72. The van der Waals surface area contributed by atoms with Crippen LogP contribution in [0.15, 0.2) is 23.5 Å². The molecule has 0 saturated heterocycles. The predicted molar refractivity (Wildman–Crippen MR) is 76.5 cm³/mol. The van der Waals surface area contributed by atoms with Crippen molar-refractivity contribution in [2.24, 2.45) is 16.3 Å². The van der Waals surface area contributed by atoms with E-state index in [1.165, 1.54) is 0 Å². The molecule has 0 bridgehead atoms. The van der Waals surface area contributed by atoms with Crippen molar-refractivity contribution in [2.45, 2.75) is 39.0 Å². The average Bonchev–Trinajstić information content (AvgIpc) is 2.49. The number of carbonyl (C=O) groups excluding carboxylic acids is 1. The van der Waals surface area contributed by atoms with E-state index in [4.69, 9.17) is 10.9 Å². The van der Waals surface area contributed by atoms with E-state index >= 15 is 0 Å². The molecule has 108 valence electrons. The molecule has 4 N–H and O–H groups in total. The first-order valence-corrected chi connectivity index (χ1v) is 6.80. The van der Waals surface area contributed by atoms with Crippen molar-refractivity contribution in [3.8, 4) is 0 Å². The van der Waals surface area contributed by atoms with Gasteiger partial charge >= 0.3 is 0 Å². The SMILES string of the molecule is Cc1ccc(NC(=O)C2(/C(N)=N/O)CCCCC2)cn1. The topological polar surface area (TPSA) is 101 Å². The van der Waals surface area contributed by atoms with Crippen LogP contribution in [0.1, 0.15) is 37.8 Å². The van der Waals surface area contributed by atoms with Crippen LogP contribution in [-0.4, -0.2) is 21.9 Å². The maximum atomic E-state index is 12.6. The van der Waals surface area contributed by atoms with Crippen LogP contribution >= 0.6 is 0 Å². The first kappa shape index (κ1) is 14.3. The molecule has 1 amide bonds. The van der Waals surface area contributed by atoms with Crippen molar-refractivity contribution >= 4 is 17.4 Å². The Labute approximate surface area is 118 Å². The second kappa shape index (κ2) is 5.90. The van der Waals surface area contributed by atoms with E-state index in [1.54, 1.807) is 12.3 Å². The Hall–Kier alpha value is -2.11. The number of aromatic nitrogens is 1. The first-order valence-electron chi connectivity index (χ1n) is 6.80. The number of carbonyl (C=O) groups is 1. The fourth-order valence-electron chi connectivity index (χ4n) is 2.64. The van der Waals surface area contributed by atoms with Gasteiger partial charge in [0.25, 0.3) is 0 Å². The number of aryl methyl sites for hydroxylation is 1. The zero-order chi connectivity index (χ0) is 14.6. The van der Waals surface area contributed by atoms with Gasteiger partial charge in [-0.15, -0.1) is 0 Å². The third kappa shape index (κ3) is 2.74. The summed E-state index contributed by atoms with van der Waals surface area (Å²) in [5.41, 5.74) is 6.38. The highest BCUT2D eigenvalue weighted by molar-refractivity contribution is 6.11. The van der Waals surface area contributed by atoms with Crippen LogP contribution in [0.3, 0.4) is 0 Å². The molecule has 1 aromatic heterocycles. The number of hydrogen-bond acceptors (Lipinski definition) is 4. The van der Waals surface area contributed by atoms with E-state index in [9.17, 15) is 4.79 Å². The van der Waals surface area contributed by atoms with E-state index in [2.05, 4.69) is 15.5 Å². The van der Waals surface area contributed by atoms with Crippen LogP contribution in [0, 0.1) is 12.3 Å². The summed E-state index contributed by atoms with van der Waals surface area (Å²) in [4.78, 5) is 16.7. The van der Waals surface area contributed by atoms with Gasteiger partial charge in [0.05, 0.1) is 11.9 Å². The van der Waals surface area contributed by atoms with Gasteiger partial charge in [-0.3, -0.25) is 9.78 Å². The minimum absolute atomic E-state index is 0.00484. The van der Waals surface area contributed by atoms with E-state index in [0.717, 1.165) is 25.0 Å². The summed E-state index contributed by atoms with van der Waals surface area (Å²) in [6.07, 6.45) is 5.68. The van der Waals surface area contributed by atoms with Gasteiger partial charge in [0.1, 0.15) is 5.41 Å². The Morgan fingerprint density at radius 2 is 2.10 bits per heavy atom. The molecule has 6 nitrogen and oxygen atoms in total. The van der Waals surface area contributed by atoms with Gasteiger partial charge in [-0.05, 0) is 31.9 Å². The smallest absolute Gasteiger partial charge is 0.238 e. The summed E-state index contributed by atoms with van der Waals surface area (Å²) in [5, 5.41) is 14.9. The maximum absolute atomic E-state index is 12.6. The Morgan fingerprint density at radius 1 is 1.40 bits per heavy atom. The number of hydrogen-bond donors (Lipinski definition) is 3. The normalized spacial score (nSPS) is 18.6. The molecule has 0 unspecified atom stereocenters. The van der Waals surface area contributed by atoms with Gasteiger partial charge in [-0.25, -0.2) is 0 Å². The number of pyridine rings is 1. The molecule has 2 rings (SSSR count). The molecule has 1 aliphatic rings. The van der Waals surface area contributed by atoms with Gasteiger partial charge in [0, 0.05) is 5.69 Å². The zero-order valence-corrected chi connectivity index (χ0v) is 11.6. The van der Waals surface area contributed by atoms with E-state index < -0.39 is 5.41 Å². The van der Waals surface area contributed by atoms with Gasteiger partial charge in [0.15, 0.2) is 5.84 Å². The van der Waals surface area contributed by atoms with Crippen molar-refractivity contribution < 1.29 is 10.0 Å². The van der Waals surface area contributed by atoms with E-state index in [-0.39, 0.29) is 11.7 Å². The number of anilines is 1. The van der Waals surface area contributed by atoms with Gasteiger partial charge in [-0.1, -0.05) is 24.4 Å². The summed E-state index contributed by atoms with van der Waals surface area (Å²) in [6.45, 7) is 1.88. The van der Waals surface area contributed by atoms with Crippen LogP contribution in [0.25, 0.3) is 0 Å². The zero-order valence-electron chi connectivity index (χ0n) is 11.6. The molecule has 0 radical (unpaired) electrons. The van der Waals surface area contributed by atoms with Gasteiger partial charge in [0.2, 0.25) is 5.91 Å². The molecule has 0 atom stereocenters. The van der Waals surface area contributed by atoms with Crippen LogP contribution < -0.4 is 11.1 Å². The van der Waals surface area contributed by atoms with Crippen molar-refractivity contribution in [1.29, 1.82) is 0 Å². The highest BCUT2D eigenvalue weighted by Crippen LogP contribution is 2.37. The Morgan fingerprint density at radius 3 is 2.65 bits per heavy atom. The van der Waals surface area contributed by atoms with Crippen LogP contribution in [0.4, 0.5) is 5.69 Å². The average molecular weight is 276 g/mol. The summed E-state index contributed by atoms with van der Waals surface area (Å²) >= 11 is 0. The number of amides is 1. The molecule has 1 fully saturated rings. The van der Waals surface area contributed by atoms with Crippen LogP contribution in [0.5, 0.6) is 0 Å². The lowest BCUT2D eigenvalue weighted by molar-refractivity contribution is -0.123. The third-order valence-electron chi connectivity index (χ3n) is 3.91. The molecular weight excluding hydrogens is 256 g/mol. The first-order chi connectivity index (χ1) is 9.58. The highest BCUT2D eigenvalue weighted by atomic mass is 16.4. The molecule has 20 heavy (non-hydrogen) atoms. The summed E-state index contributed by atoms with van der Waals surface area (Å²) in [7, 11) is 0. The summed E-state index contributed by atoms with van der Waals surface area (Å²) in [6, 6.07) is 3.62. The van der Waals surface area contributed by atoms with Gasteiger partial charge in [-0.2, -0.15) is 0 Å². The van der Waals surface area contributed by atoms with Gasteiger partial charge < -0.3 is 16.3 Å². The van der Waals surface area contributed by atoms with Crippen molar-refractivity contribution in [1.82, 2.24) is 4.98 Å². The summed E-state index contributed by atoms with van der Waals surface area (Å²) < 4.78 is 0. The highest BCUT2D eigenvalue weighted by Gasteiger charge is 2.43. The minimum Gasteiger partial charge on any atom is -0.409 e. The Kier molecular flexibility index (Phi) is 4.22. The number of nitrogens with one attached hydrogen (secondary N) is 1. The molecule has 1 heterocycles. The number of rotatable bonds is 3. The lowest BCUT2D eigenvalue weighted by Crippen LogP contribution is -2.48. The fraction of sp³-hybridized carbons (Fsp3) is 0.500. The molecule has 0 spiro atoms. The van der Waals surface area contributed by atoms with E-state index in [1.807, 2.05) is 13.0 Å². The van der Waals surface area contributed by atoms with Crippen molar-refractivity contribution in [3.63, 3.8) is 0 Å². The number of nitrogens with two attached hydrogens (primary N) is 1. The second-order valence-electron chi connectivity index (χ2n) is 5.27. The molecule has 1 saturated carbocycles. The summed E-state index contributed by atoms with van der Waals surface area (Å²) in [5.74, 6) is -0.229. The van der Waals surface area contributed by atoms with Crippen LogP contribution in [0.2, 0.25) is 0 Å². The molecule has 1 aliphatic carbocycles. The Bertz CT molecular complexity index is 504. The predicted octanol–water partition coefficient (Wildman–Crippen LogP) is 2.03. The number of nitrogens with zero attached hydrogens (tertiary/aromatic N) is 2.